The summed E-state index contributed by atoms with van der Waals surface area (Å²) < 4.78 is 7.84. The normalized spacial score (nSPS) is 19.8. The molecule has 0 bridgehead atoms. The molecule has 1 fully saturated rings. The number of aryl methyl sites for hydroxylation is 2. The van der Waals surface area contributed by atoms with E-state index in [1.807, 2.05) is 0 Å². The molecule has 2 aromatic rings. The third-order valence-electron chi connectivity index (χ3n) is 3.51. The van der Waals surface area contributed by atoms with Crippen molar-refractivity contribution in [3.63, 3.8) is 0 Å². The molecule has 1 aliphatic rings. The molecule has 0 saturated carbocycles. The highest BCUT2D eigenvalue weighted by Crippen LogP contribution is 2.27. The largest absolute Gasteiger partial charge is 0.379 e. The van der Waals surface area contributed by atoms with Crippen LogP contribution in [0.2, 0.25) is 0 Å². The van der Waals surface area contributed by atoms with E-state index < -0.39 is 0 Å². The number of aromatic nitrogens is 2. The first-order valence-corrected chi connectivity index (χ1v) is 6.94. The smallest absolute Gasteiger partial charge is 0.111 e. The number of halogens is 1. The van der Waals surface area contributed by atoms with Crippen LogP contribution in [-0.4, -0.2) is 28.6 Å². The second kappa shape index (κ2) is 4.90. The SMILES string of the molecule is Cc1ccc2nc(CCCl)n(C3CCOC3)c2c1. The van der Waals surface area contributed by atoms with Gasteiger partial charge in [0.15, 0.2) is 0 Å². The maximum absolute atomic E-state index is 5.89. The maximum atomic E-state index is 5.89. The van der Waals surface area contributed by atoms with Crippen molar-refractivity contribution in [3.8, 4) is 0 Å². The highest BCUT2D eigenvalue weighted by molar-refractivity contribution is 6.17. The molecule has 18 heavy (non-hydrogen) atoms. The summed E-state index contributed by atoms with van der Waals surface area (Å²) in [4.78, 5) is 4.71. The Morgan fingerprint density at radius 2 is 2.39 bits per heavy atom. The molecule has 3 nitrogen and oxygen atoms in total. The molecule has 0 N–H and O–H groups in total. The van der Waals surface area contributed by atoms with Gasteiger partial charge in [0.05, 0.1) is 23.7 Å². The fraction of sp³-hybridized carbons (Fsp3) is 0.500. The van der Waals surface area contributed by atoms with E-state index in [0.717, 1.165) is 37.4 Å². The molecule has 0 amide bonds. The summed E-state index contributed by atoms with van der Waals surface area (Å²) in [6.07, 6.45) is 1.88. The minimum Gasteiger partial charge on any atom is -0.379 e. The van der Waals surface area contributed by atoms with E-state index in [1.54, 1.807) is 0 Å². The van der Waals surface area contributed by atoms with Crippen LogP contribution in [0.3, 0.4) is 0 Å². The van der Waals surface area contributed by atoms with Gasteiger partial charge in [-0.3, -0.25) is 0 Å². The molecule has 1 aromatic heterocycles. The van der Waals surface area contributed by atoms with Gasteiger partial charge in [0.2, 0.25) is 0 Å². The summed E-state index contributed by atoms with van der Waals surface area (Å²) in [7, 11) is 0. The van der Waals surface area contributed by atoms with E-state index in [0.29, 0.717) is 11.9 Å². The van der Waals surface area contributed by atoms with Crippen LogP contribution in [0.25, 0.3) is 11.0 Å². The van der Waals surface area contributed by atoms with E-state index in [4.69, 9.17) is 21.3 Å². The molecule has 3 rings (SSSR count). The Balaban J connectivity index is 2.16. The Bertz CT molecular complexity index is 558. The first kappa shape index (κ1) is 12.0. The van der Waals surface area contributed by atoms with Gasteiger partial charge in [0.25, 0.3) is 0 Å². The Labute approximate surface area is 112 Å². The standard InChI is InChI=1S/C14H17ClN2O/c1-10-2-3-12-13(8-10)17(11-5-7-18-9-11)14(16-12)4-6-15/h2-3,8,11H,4-7,9H2,1H3. The van der Waals surface area contributed by atoms with E-state index in [1.165, 1.54) is 11.1 Å². The second-order valence-electron chi connectivity index (χ2n) is 4.85. The van der Waals surface area contributed by atoms with Crippen molar-refractivity contribution in [1.29, 1.82) is 0 Å². The molecule has 1 unspecified atom stereocenters. The summed E-state index contributed by atoms with van der Waals surface area (Å²) in [6.45, 7) is 3.74. The zero-order valence-corrected chi connectivity index (χ0v) is 11.3. The summed E-state index contributed by atoms with van der Waals surface area (Å²) >= 11 is 5.89. The number of ether oxygens (including phenoxy) is 1. The Kier molecular flexibility index (Phi) is 3.27. The van der Waals surface area contributed by atoms with Crippen molar-refractivity contribution >= 4 is 22.6 Å². The lowest BCUT2D eigenvalue weighted by molar-refractivity contribution is 0.186. The van der Waals surface area contributed by atoms with Crippen molar-refractivity contribution in [2.75, 3.05) is 19.1 Å². The number of benzene rings is 1. The number of nitrogens with zero attached hydrogens (tertiary/aromatic N) is 2. The average molecular weight is 265 g/mol. The number of rotatable bonds is 3. The van der Waals surface area contributed by atoms with E-state index in [9.17, 15) is 0 Å². The quantitative estimate of drug-likeness (QED) is 0.797. The van der Waals surface area contributed by atoms with Gasteiger partial charge in [-0.25, -0.2) is 4.98 Å². The van der Waals surface area contributed by atoms with Gasteiger partial charge in [-0.2, -0.15) is 0 Å². The topological polar surface area (TPSA) is 27.1 Å². The van der Waals surface area contributed by atoms with E-state index in [2.05, 4.69) is 29.7 Å². The molecule has 0 spiro atoms. The lowest BCUT2D eigenvalue weighted by atomic mass is 10.2. The molecular formula is C14H17ClN2O. The van der Waals surface area contributed by atoms with Crippen molar-refractivity contribution in [1.82, 2.24) is 9.55 Å². The summed E-state index contributed by atoms with van der Waals surface area (Å²) in [6, 6.07) is 6.82. The van der Waals surface area contributed by atoms with Crippen LogP contribution in [-0.2, 0) is 11.2 Å². The fourth-order valence-corrected chi connectivity index (χ4v) is 2.82. The fourth-order valence-electron chi connectivity index (χ4n) is 2.65. The first-order chi connectivity index (χ1) is 8.79. The van der Waals surface area contributed by atoms with Crippen LogP contribution < -0.4 is 0 Å². The number of alkyl halides is 1. The van der Waals surface area contributed by atoms with Crippen molar-refractivity contribution < 1.29 is 4.74 Å². The predicted octanol–water partition coefficient (Wildman–Crippen LogP) is 3.09. The lowest BCUT2D eigenvalue weighted by Gasteiger charge is -2.14. The van der Waals surface area contributed by atoms with E-state index in [-0.39, 0.29) is 0 Å². The van der Waals surface area contributed by atoms with Crippen LogP contribution in [0.5, 0.6) is 0 Å². The van der Waals surface area contributed by atoms with Gasteiger partial charge in [-0.05, 0) is 31.0 Å². The summed E-state index contributed by atoms with van der Waals surface area (Å²) in [5.74, 6) is 1.69. The predicted molar refractivity (Wildman–Crippen MR) is 73.4 cm³/mol. The molecule has 1 aliphatic heterocycles. The van der Waals surface area contributed by atoms with Crippen LogP contribution >= 0.6 is 11.6 Å². The molecular weight excluding hydrogens is 248 g/mol. The van der Waals surface area contributed by atoms with Gasteiger partial charge in [-0.15, -0.1) is 11.6 Å². The average Bonchev–Trinajstić information content (AvgIpc) is 2.95. The van der Waals surface area contributed by atoms with Gasteiger partial charge >= 0.3 is 0 Å². The van der Waals surface area contributed by atoms with Crippen LogP contribution in [0.1, 0.15) is 23.9 Å². The van der Waals surface area contributed by atoms with Gasteiger partial charge < -0.3 is 9.30 Å². The van der Waals surface area contributed by atoms with Crippen LogP contribution in [0.15, 0.2) is 18.2 Å². The molecule has 2 heterocycles. The van der Waals surface area contributed by atoms with Gasteiger partial charge in [0.1, 0.15) is 5.82 Å². The molecule has 4 heteroatoms. The summed E-state index contributed by atoms with van der Waals surface area (Å²) in [5, 5.41) is 0. The van der Waals surface area contributed by atoms with Crippen molar-refractivity contribution in [2.24, 2.45) is 0 Å². The minimum absolute atomic E-state index is 0.412. The second-order valence-corrected chi connectivity index (χ2v) is 5.22. The summed E-state index contributed by atoms with van der Waals surface area (Å²) in [5.41, 5.74) is 3.54. The minimum atomic E-state index is 0.412. The third-order valence-corrected chi connectivity index (χ3v) is 3.70. The molecule has 0 aliphatic carbocycles. The number of imidazole rings is 1. The monoisotopic (exact) mass is 264 g/mol. The highest BCUT2D eigenvalue weighted by atomic mass is 35.5. The maximum Gasteiger partial charge on any atom is 0.111 e. The highest BCUT2D eigenvalue weighted by Gasteiger charge is 2.22. The van der Waals surface area contributed by atoms with Crippen molar-refractivity contribution in [2.45, 2.75) is 25.8 Å². The van der Waals surface area contributed by atoms with Crippen molar-refractivity contribution in [3.05, 3.63) is 29.6 Å². The molecule has 0 radical (unpaired) electrons. The Morgan fingerprint density at radius 3 is 3.11 bits per heavy atom. The lowest BCUT2D eigenvalue weighted by Crippen LogP contribution is -2.12. The zero-order valence-electron chi connectivity index (χ0n) is 10.5. The number of fused-ring (bicyclic) bond motifs is 1. The molecule has 96 valence electrons. The Hall–Kier alpha value is -1.06. The molecule has 1 aromatic carbocycles. The molecule has 1 saturated heterocycles. The zero-order chi connectivity index (χ0) is 12.5. The number of hydrogen-bond donors (Lipinski definition) is 0. The molecule has 1 atom stereocenters. The third kappa shape index (κ3) is 2.02. The first-order valence-electron chi connectivity index (χ1n) is 6.41. The Morgan fingerprint density at radius 1 is 1.50 bits per heavy atom. The van der Waals surface area contributed by atoms with Gasteiger partial charge in [-0.1, -0.05) is 6.07 Å². The number of hydrogen-bond acceptors (Lipinski definition) is 2. The van der Waals surface area contributed by atoms with Gasteiger partial charge in [0, 0.05) is 18.9 Å². The van der Waals surface area contributed by atoms with Crippen LogP contribution in [0, 0.1) is 6.92 Å². The van der Waals surface area contributed by atoms with E-state index >= 15 is 0 Å². The van der Waals surface area contributed by atoms with Crippen LogP contribution in [0.4, 0.5) is 0 Å².